The van der Waals surface area contributed by atoms with Gasteiger partial charge in [-0.15, -0.1) is 0 Å². The Hall–Kier alpha value is -1.20. The van der Waals surface area contributed by atoms with E-state index in [4.69, 9.17) is 0 Å². The number of piperazine rings is 1. The number of alkyl halides is 2. The molecule has 18 heavy (non-hydrogen) atoms. The molecular weight excluding hydrogens is 238 g/mol. The molecule has 1 atom stereocenters. The Morgan fingerprint density at radius 2 is 2.33 bits per heavy atom. The molecule has 0 aromatic heterocycles. The van der Waals surface area contributed by atoms with Crippen molar-refractivity contribution in [1.29, 1.82) is 0 Å². The van der Waals surface area contributed by atoms with Crippen molar-refractivity contribution >= 4 is 0 Å². The fraction of sp³-hybridized carbons (Fsp3) is 0.538. The number of rotatable bonds is 4. The summed E-state index contributed by atoms with van der Waals surface area (Å²) in [6, 6.07) is 7.39. The molecule has 1 saturated heterocycles. The lowest BCUT2D eigenvalue weighted by molar-refractivity contribution is -0.0499. The summed E-state index contributed by atoms with van der Waals surface area (Å²) in [5.41, 5.74) is 1.00. The first kappa shape index (κ1) is 13.2. The van der Waals surface area contributed by atoms with Crippen LogP contribution >= 0.6 is 0 Å². The van der Waals surface area contributed by atoms with Crippen molar-refractivity contribution in [2.24, 2.45) is 0 Å². The van der Waals surface area contributed by atoms with Gasteiger partial charge in [0.15, 0.2) is 0 Å². The van der Waals surface area contributed by atoms with Crippen LogP contribution in [0.5, 0.6) is 5.75 Å². The van der Waals surface area contributed by atoms with Crippen molar-refractivity contribution in [1.82, 2.24) is 10.2 Å². The van der Waals surface area contributed by atoms with E-state index in [1.165, 1.54) is 0 Å². The average Bonchev–Trinajstić information content (AvgIpc) is 2.28. The molecule has 1 heterocycles. The number of ether oxygens (including phenoxy) is 1. The maximum atomic E-state index is 12.1. The molecule has 1 fully saturated rings. The van der Waals surface area contributed by atoms with Gasteiger partial charge >= 0.3 is 6.61 Å². The lowest BCUT2D eigenvalue weighted by Crippen LogP contribution is -2.48. The van der Waals surface area contributed by atoms with Crippen molar-refractivity contribution in [2.45, 2.75) is 26.1 Å². The third-order valence-corrected chi connectivity index (χ3v) is 2.98. The largest absolute Gasteiger partial charge is 0.435 e. The summed E-state index contributed by atoms with van der Waals surface area (Å²) in [5.74, 6) is 0.227. The van der Waals surface area contributed by atoms with Gasteiger partial charge in [0, 0.05) is 32.2 Å². The van der Waals surface area contributed by atoms with Crippen molar-refractivity contribution in [3.8, 4) is 5.75 Å². The predicted molar refractivity (Wildman–Crippen MR) is 65.8 cm³/mol. The molecule has 1 aromatic rings. The van der Waals surface area contributed by atoms with E-state index in [0.717, 1.165) is 31.7 Å². The number of nitrogens with zero attached hydrogens (tertiary/aromatic N) is 1. The highest BCUT2D eigenvalue weighted by Gasteiger charge is 2.15. The summed E-state index contributed by atoms with van der Waals surface area (Å²) in [6.07, 6.45) is 0. The van der Waals surface area contributed by atoms with Crippen LogP contribution in [0.3, 0.4) is 0 Å². The number of nitrogens with one attached hydrogen (secondary N) is 1. The monoisotopic (exact) mass is 256 g/mol. The minimum atomic E-state index is -2.76. The van der Waals surface area contributed by atoms with Gasteiger partial charge in [0.2, 0.25) is 0 Å². The third-order valence-electron chi connectivity index (χ3n) is 2.98. The molecule has 1 aliphatic heterocycles. The SMILES string of the molecule is C[C@@H]1CN(Cc2cccc(OC(F)F)c2)CCN1. The Bertz CT molecular complexity index is 387. The Balaban J connectivity index is 1.96. The molecular formula is C13H18F2N2O. The summed E-state index contributed by atoms with van der Waals surface area (Å²) in [7, 11) is 0. The van der Waals surface area contributed by atoms with Gasteiger partial charge in [0.1, 0.15) is 5.75 Å². The van der Waals surface area contributed by atoms with Gasteiger partial charge in [0.05, 0.1) is 0 Å². The zero-order valence-corrected chi connectivity index (χ0v) is 10.4. The van der Waals surface area contributed by atoms with Gasteiger partial charge in [-0.1, -0.05) is 12.1 Å². The Labute approximate surface area is 106 Å². The van der Waals surface area contributed by atoms with Gasteiger partial charge in [-0.2, -0.15) is 8.78 Å². The average molecular weight is 256 g/mol. The van der Waals surface area contributed by atoms with Gasteiger partial charge in [-0.25, -0.2) is 0 Å². The van der Waals surface area contributed by atoms with Crippen LogP contribution in [-0.2, 0) is 6.54 Å². The summed E-state index contributed by atoms with van der Waals surface area (Å²) in [4.78, 5) is 2.31. The van der Waals surface area contributed by atoms with Crippen molar-refractivity contribution < 1.29 is 13.5 Å². The van der Waals surface area contributed by atoms with E-state index in [1.807, 2.05) is 6.07 Å². The van der Waals surface area contributed by atoms with Crippen LogP contribution in [0.15, 0.2) is 24.3 Å². The Morgan fingerprint density at radius 1 is 1.50 bits per heavy atom. The maximum Gasteiger partial charge on any atom is 0.387 e. The number of hydrogen-bond acceptors (Lipinski definition) is 3. The summed E-state index contributed by atoms with van der Waals surface area (Å²) in [5, 5.41) is 3.37. The highest BCUT2D eigenvalue weighted by Crippen LogP contribution is 2.17. The van der Waals surface area contributed by atoms with E-state index in [0.29, 0.717) is 6.04 Å². The molecule has 0 amide bonds. The van der Waals surface area contributed by atoms with Gasteiger partial charge in [-0.05, 0) is 24.6 Å². The molecule has 0 saturated carbocycles. The smallest absolute Gasteiger partial charge is 0.387 e. The topological polar surface area (TPSA) is 24.5 Å². The molecule has 2 rings (SSSR count). The zero-order valence-electron chi connectivity index (χ0n) is 10.4. The highest BCUT2D eigenvalue weighted by molar-refractivity contribution is 5.28. The normalized spacial score (nSPS) is 21.2. The second-order valence-electron chi connectivity index (χ2n) is 4.62. The second-order valence-corrected chi connectivity index (χ2v) is 4.62. The third kappa shape index (κ3) is 3.92. The second kappa shape index (κ2) is 6.11. The molecule has 3 nitrogen and oxygen atoms in total. The standard InChI is InChI=1S/C13H18F2N2O/c1-10-8-17(6-5-16-10)9-11-3-2-4-12(7-11)18-13(14)15/h2-4,7,10,13,16H,5-6,8-9H2,1H3/t10-/m1/s1. The molecule has 0 unspecified atom stereocenters. The van der Waals surface area contributed by atoms with Crippen LogP contribution in [0.1, 0.15) is 12.5 Å². The molecule has 0 bridgehead atoms. The molecule has 1 aliphatic rings. The molecule has 100 valence electrons. The first-order valence-electron chi connectivity index (χ1n) is 6.13. The van der Waals surface area contributed by atoms with E-state index in [9.17, 15) is 8.78 Å². The molecule has 5 heteroatoms. The highest BCUT2D eigenvalue weighted by atomic mass is 19.3. The molecule has 0 radical (unpaired) electrons. The van der Waals surface area contributed by atoms with Crippen LogP contribution < -0.4 is 10.1 Å². The Kier molecular flexibility index (Phi) is 4.49. The maximum absolute atomic E-state index is 12.1. The number of hydrogen-bond donors (Lipinski definition) is 1. The first-order valence-corrected chi connectivity index (χ1v) is 6.13. The minimum Gasteiger partial charge on any atom is -0.435 e. The van der Waals surface area contributed by atoms with E-state index in [1.54, 1.807) is 18.2 Å². The lowest BCUT2D eigenvalue weighted by Gasteiger charge is -2.31. The van der Waals surface area contributed by atoms with Crippen LogP contribution in [0.4, 0.5) is 8.78 Å². The molecule has 1 aromatic carbocycles. The molecule has 1 N–H and O–H groups in total. The fourth-order valence-electron chi connectivity index (χ4n) is 2.23. The van der Waals surface area contributed by atoms with Gasteiger partial charge < -0.3 is 10.1 Å². The van der Waals surface area contributed by atoms with E-state index in [2.05, 4.69) is 21.9 Å². The Morgan fingerprint density at radius 3 is 3.06 bits per heavy atom. The van der Waals surface area contributed by atoms with Crippen LogP contribution in [0.2, 0.25) is 0 Å². The van der Waals surface area contributed by atoms with E-state index < -0.39 is 6.61 Å². The molecule has 0 spiro atoms. The zero-order chi connectivity index (χ0) is 13.0. The fourth-order valence-corrected chi connectivity index (χ4v) is 2.23. The quantitative estimate of drug-likeness (QED) is 0.892. The van der Waals surface area contributed by atoms with Crippen LogP contribution in [0, 0.1) is 0 Å². The number of benzene rings is 1. The molecule has 0 aliphatic carbocycles. The van der Waals surface area contributed by atoms with Gasteiger partial charge in [0.25, 0.3) is 0 Å². The summed E-state index contributed by atoms with van der Waals surface area (Å²) < 4.78 is 28.6. The van der Waals surface area contributed by atoms with Gasteiger partial charge in [-0.3, -0.25) is 4.90 Å². The van der Waals surface area contributed by atoms with Crippen molar-refractivity contribution in [2.75, 3.05) is 19.6 Å². The van der Waals surface area contributed by atoms with E-state index in [-0.39, 0.29) is 5.75 Å². The van der Waals surface area contributed by atoms with E-state index >= 15 is 0 Å². The minimum absolute atomic E-state index is 0.227. The summed E-state index contributed by atoms with van der Waals surface area (Å²) >= 11 is 0. The lowest BCUT2D eigenvalue weighted by atomic mass is 10.1. The predicted octanol–water partition coefficient (Wildman–Crippen LogP) is 2.08. The number of halogens is 2. The van der Waals surface area contributed by atoms with Crippen molar-refractivity contribution in [3.05, 3.63) is 29.8 Å². The van der Waals surface area contributed by atoms with Crippen molar-refractivity contribution in [3.63, 3.8) is 0 Å². The van der Waals surface area contributed by atoms with Crippen LogP contribution in [-0.4, -0.2) is 37.2 Å². The first-order chi connectivity index (χ1) is 8.63. The summed E-state index contributed by atoms with van der Waals surface area (Å²) in [6.45, 7) is 3.06. The van der Waals surface area contributed by atoms with Crippen LogP contribution in [0.25, 0.3) is 0 Å².